The lowest BCUT2D eigenvalue weighted by Gasteiger charge is -2.32. The highest BCUT2D eigenvalue weighted by Gasteiger charge is 2.71. The Bertz CT molecular complexity index is 1120. The lowest BCUT2D eigenvalue weighted by atomic mass is 9.92. The molecule has 36 heavy (non-hydrogen) atoms. The highest BCUT2D eigenvalue weighted by molar-refractivity contribution is 7.99. The zero-order valence-corrected chi connectivity index (χ0v) is 19.8. The Balaban J connectivity index is 1.85. The number of nitrogens with one attached hydrogen (secondary N) is 1. The summed E-state index contributed by atoms with van der Waals surface area (Å²) in [5.74, 6) is 0.416. The number of halogens is 6. The van der Waals surface area contributed by atoms with Gasteiger partial charge in [0.25, 0.3) is 11.5 Å². The third-order valence-electron chi connectivity index (χ3n) is 5.53. The number of aliphatic hydroxyl groups is 1. The van der Waals surface area contributed by atoms with Crippen LogP contribution in [0.15, 0.2) is 47.4 Å². The maximum absolute atomic E-state index is 13.1. The van der Waals surface area contributed by atoms with Gasteiger partial charge in [-0.3, -0.25) is 9.69 Å². The molecular formula is C23H22F6N2O4S. The molecule has 1 atom stereocenters. The van der Waals surface area contributed by atoms with Crippen LogP contribution < -0.4 is 5.32 Å². The van der Waals surface area contributed by atoms with Crippen LogP contribution in [0.5, 0.6) is 0 Å². The predicted molar refractivity (Wildman–Crippen MR) is 119 cm³/mol. The van der Waals surface area contributed by atoms with Gasteiger partial charge in [0.05, 0.1) is 6.54 Å². The summed E-state index contributed by atoms with van der Waals surface area (Å²) in [7, 11) is 0. The quantitative estimate of drug-likeness (QED) is 0.315. The smallest absolute Gasteiger partial charge is 0.430 e. The van der Waals surface area contributed by atoms with E-state index in [0.717, 1.165) is 27.7 Å². The number of nitrogens with zero attached hydrogens (tertiary/aromatic N) is 1. The molecule has 196 valence electrons. The van der Waals surface area contributed by atoms with Gasteiger partial charge < -0.3 is 15.5 Å². The number of rotatable bonds is 6. The number of carboxylic acid groups (broad SMARTS) is 1. The molecule has 1 aliphatic rings. The van der Waals surface area contributed by atoms with E-state index in [9.17, 15) is 46.1 Å². The number of carbonyl (C=O) groups is 2. The normalized spacial score (nSPS) is 16.3. The molecule has 1 unspecified atom stereocenters. The first-order chi connectivity index (χ1) is 16.6. The SMILES string of the molecule is CC(C)CSc1ccc2c(c1)CN(C(=O)O)C2C(=O)Nc1ccc(C(O)(C(F)(F)F)C(F)(F)F)cc1. The molecule has 2 aromatic rings. The summed E-state index contributed by atoms with van der Waals surface area (Å²) in [6.45, 7) is 4.03. The van der Waals surface area contributed by atoms with Gasteiger partial charge in [0.15, 0.2) is 0 Å². The number of thioether (sulfide) groups is 1. The molecule has 2 aromatic carbocycles. The summed E-state index contributed by atoms with van der Waals surface area (Å²) in [6, 6.07) is 6.21. The number of carbonyl (C=O) groups excluding carboxylic acids is 1. The Morgan fingerprint density at radius 1 is 1.06 bits per heavy atom. The summed E-state index contributed by atoms with van der Waals surface area (Å²) in [5, 5.41) is 21.4. The van der Waals surface area contributed by atoms with Crippen molar-refractivity contribution in [3.63, 3.8) is 0 Å². The van der Waals surface area contributed by atoms with Crippen LogP contribution in [0, 0.1) is 5.92 Å². The van der Waals surface area contributed by atoms with Crippen molar-refractivity contribution in [2.75, 3.05) is 11.1 Å². The molecule has 6 nitrogen and oxygen atoms in total. The van der Waals surface area contributed by atoms with Gasteiger partial charge in [-0.1, -0.05) is 32.0 Å². The van der Waals surface area contributed by atoms with Gasteiger partial charge in [-0.05, 0) is 41.3 Å². The van der Waals surface area contributed by atoms with Gasteiger partial charge in [-0.15, -0.1) is 11.8 Å². The summed E-state index contributed by atoms with van der Waals surface area (Å²) < 4.78 is 78.4. The van der Waals surface area contributed by atoms with Crippen LogP contribution in [-0.2, 0) is 16.9 Å². The second kappa shape index (κ2) is 9.85. The molecule has 13 heteroatoms. The standard InChI is InChI=1S/C23H22F6N2O4S/c1-12(2)11-36-16-7-8-17-13(9-16)10-31(20(33)34)18(17)19(32)30-15-5-3-14(4-6-15)21(35,22(24,25)26)23(27,28)29/h3-9,12,18,35H,10-11H2,1-2H3,(H,30,32)(H,33,34). The Kier molecular flexibility index (Phi) is 7.56. The zero-order chi connectivity index (χ0) is 27.1. The lowest BCUT2D eigenvalue weighted by molar-refractivity contribution is -0.376. The fraction of sp³-hybridized carbons (Fsp3) is 0.391. The number of anilines is 1. The van der Waals surface area contributed by atoms with E-state index in [2.05, 4.69) is 5.32 Å². The van der Waals surface area contributed by atoms with Crippen LogP contribution in [0.25, 0.3) is 0 Å². The first-order valence-electron chi connectivity index (χ1n) is 10.6. The van der Waals surface area contributed by atoms with Gasteiger partial charge in [0.2, 0.25) is 0 Å². The van der Waals surface area contributed by atoms with Crippen molar-refractivity contribution in [3.8, 4) is 0 Å². The third kappa shape index (κ3) is 5.26. The highest BCUT2D eigenvalue weighted by atomic mass is 32.2. The topological polar surface area (TPSA) is 89.9 Å². The minimum Gasteiger partial charge on any atom is -0.465 e. The summed E-state index contributed by atoms with van der Waals surface area (Å²) in [5.41, 5.74) is -5.73. The van der Waals surface area contributed by atoms with Crippen LogP contribution >= 0.6 is 11.8 Å². The monoisotopic (exact) mass is 536 g/mol. The maximum atomic E-state index is 13.1. The average molecular weight is 536 g/mol. The van der Waals surface area contributed by atoms with Crippen molar-refractivity contribution in [2.24, 2.45) is 5.92 Å². The molecule has 0 aromatic heterocycles. The van der Waals surface area contributed by atoms with E-state index in [1.54, 1.807) is 30.0 Å². The molecule has 0 saturated heterocycles. The fourth-order valence-corrected chi connectivity index (χ4v) is 4.65. The minimum absolute atomic E-state index is 0.0675. The first kappa shape index (κ1) is 27.7. The van der Waals surface area contributed by atoms with Crippen molar-refractivity contribution in [1.82, 2.24) is 4.90 Å². The van der Waals surface area contributed by atoms with E-state index in [0.29, 0.717) is 29.2 Å². The summed E-state index contributed by atoms with van der Waals surface area (Å²) >= 11 is 1.58. The average Bonchev–Trinajstić information content (AvgIpc) is 3.15. The van der Waals surface area contributed by atoms with Crippen molar-refractivity contribution in [3.05, 3.63) is 59.2 Å². The second-order valence-corrected chi connectivity index (χ2v) is 9.74. The van der Waals surface area contributed by atoms with E-state index in [4.69, 9.17) is 0 Å². The number of fused-ring (bicyclic) bond motifs is 1. The van der Waals surface area contributed by atoms with Gasteiger partial charge >= 0.3 is 18.4 Å². The first-order valence-corrected chi connectivity index (χ1v) is 11.6. The van der Waals surface area contributed by atoms with Crippen LogP contribution in [0.2, 0.25) is 0 Å². The summed E-state index contributed by atoms with van der Waals surface area (Å²) in [6.07, 6.45) is -13.5. The van der Waals surface area contributed by atoms with Crippen molar-refractivity contribution in [1.29, 1.82) is 0 Å². The molecule has 1 aliphatic heterocycles. The zero-order valence-electron chi connectivity index (χ0n) is 18.9. The van der Waals surface area contributed by atoms with E-state index in [1.165, 1.54) is 0 Å². The molecule has 0 bridgehead atoms. The Morgan fingerprint density at radius 2 is 1.64 bits per heavy atom. The second-order valence-electron chi connectivity index (χ2n) is 8.65. The van der Waals surface area contributed by atoms with E-state index in [-0.39, 0.29) is 12.2 Å². The molecule has 2 amide bonds. The lowest BCUT2D eigenvalue weighted by Crippen LogP contribution is -2.53. The van der Waals surface area contributed by atoms with Crippen molar-refractivity contribution < 1.29 is 46.1 Å². The minimum atomic E-state index is -6.04. The largest absolute Gasteiger partial charge is 0.465 e. The number of amides is 2. The van der Waals surface area contributed by atoms with Crippen LogP contribution in [0.3, 0.4) is 0 Å². The Morgan fingerprint density at radius 3 is 2.14 bits per heavy atom. The molecule has 0 spiro atoms. The van der Waals surface area contributed by atoms with Crippen molar-refractivity contribution in [2.45, 2.75) is 49.3 Å². The molecule has 3 N–H and O–H groups in total. The fourth-order valence-electron chi connectivity index (χ4n) is 3.74. The molecule has 3 rings (SSSR count). The van der Waals surface area contributed by atoms with E-state index in [1.807, 2.05) is 13.8 Å². The Hall–Kier alpha value is -2.93. The molecule has 0 radical (unpaired) electrons. The highest BCUT2D eigenvalue weighted by Crippen LogP contribution is 2.50. The Labute approximate surface area is 206 Å². The van der Waals surface area contributed by atoms with E-state index < -0.39 is 41.6 Å². The van der Waals surface area contributed by atoms with Gasteiger partial charge in [-0.25, -0.2) is 4.79 Å². The number of alkyl halides is 6. The van der Waals surface area contributed by atoms with Gasteiger partial charge in [0.1, 0.15) is 6.04 Å². The molecule has 1 heterocycles. The van der Waals surface area contributed by atoms with Gasteiger partial charge in [-0.2, -0.15) is 26.3 Å². The number of benzene rings is 2. The van der Waals surface area contributed by atoms with Gasteiger partial charge in [0, 0.05) is 21.9 Å². The molecule has 0 saturated carbocycles. The van der Waals surface area contributed by atoms with Crippen molar-refractivity contribution >= 4 is 29.4 Å². The van der Waals surface area contributed by atoms with Crippen LogP contribution in [-0.4, -0.2) is 45.2 Å². The van der Waals surface area contributed by atoms with Crippen LogP contribution in [0.1, 0.15) is 36.6 Å². The third-order valence-corrected chi connectivity index (χ3v) is 6.95. The van der Waals surface area contributed by atoms with E-state index >= 15 is 0 Å². The number of hydrogen-bond acceptors (Lipinski definition) is 4. The maximum Gasteiger partial charge on any atom is 0.430 e. The molecule has 0 fully saturated rings. The molecular weight excluding hydrogens is 514 g/mol. The predicted octanol–water partition coefficient (Wildman–Crippen LogP) is 5.92. The molecule has 0 aliphatic carbocycles. The number of hydrogen-bond donors (Lipinski definition) is 3. The summed E-state index contributed by atoms with van der Waals surface area (Å²) in [4.78, 5) is 26.5. The van der Waals surface area contributed by atoms with Crippen LogP contribution in [0.4, 0.5) is 36.8 Å².